The first-order valence-corrected chi connectivity index (χ1v) is 6.67. The number of nitrogens with zero attached hydrogens (tertiary/aromatic N) is 2. The standard InChI is InChI=1S/C11H6BrIN2O3/c12-7-4-10(15(16)17)11(14-6-7)18-9-3-1-2-8(13)5-9/h1-6H. The van der Waals surface area contributed by atoms with E-state index >= 15 is 0 Å². The van der Waals surface area contributed by atoms with Gasteiger partial charge in [-0.1, -0.05) is 6.07 Å². The van der Waals surface area contributed by atoms with E-state index in [4.69, 9.17) is 4.74 Å². The van der Waals surface area contributed by atoms with Crippen LogP contribution in [0.5, 0.6) is 11.6 Å². The molecule has 2 aromatic rings. The Morgan fingerprint density at radius 2 is 2.17 bits per heavy atom. The second-order valence-corrected chi connectivity index (χ2v) is 5.46. The van der Waals surface area contributed by atoms with E-state index in [0.29, 0.717) is 10.2 Å². The average molecular weight is 421 g/mol. The fraction of sp³-hybridized carbons (Fsp3) is 0. The molecule has 0 aliphatic carbocycles. The summed E-state index contributed by atoms with van der Waals surface area (Å²) in [4.78, 5) is 14.3. The zero-order valence-electron chi connectivity index (χ0n) is 8.84. The van der Waals surface area contributed by atoms with E-state index in [2.05, 4.69) is 43.5 Å². The van der Waals surface area contributed by atoms with E-state index in [1.165, 1.54) is 12.3 Å². The van der Waals surface area contributed by atoms with Gasteiger partial charge in [0.25, 0.3) is 5.88 Å². The molecular formula is C11H6BrIN2O3. The molecule has 18 heavy (non-hydrogen) atoms. The van der Waals surface area contributed by atoms with Crippen molar-refractivity contribution in [2.45, 2.75) is 0 Å². The van der Waals surface area contributed by atoms with Gasteiger partial charge in [0.1, 0.15) is 5.75 Å². The predicted octanol–water partition coefficient (Wildman–Crippen LogP) is 4.15. The predicted molar refractivity (Wildman–Crippen MR) is 77.8 cm³/mol. The van der Waals surface area contributed by atoms with Crippen LogP contribution in [0.3, 0.4) is 0 Å². The number of nitro groups is 1. The first-order chi connectivity index (χ1) is 8.56. The van der Waals surface area contributed by atoms with E-state index in [0.717, 1.165) is 3.57 Å². The highest BCUT2D eigenvalue weighted by Crippen LogP contribution is 2.31. The lowest BCUT2D eigenvalue weighted by Crippen LogP contribution is -1.96. The molecule has 0 fully saturated rings. The molecule has 0 spiro atoms. The van der Waals surface area contributed by atoms with Gasteiger partial charge in [-0.2, -0.15) is 0 Å². The maximum atomic E-state index is 10.9. The molecule has 0 amide bonds. The number of halogens is 2. The Labute approximate surface area is 125 Å². The molecule has 0 saturated carbocycles. The fourth-order valence-electron chi connectivity index (χ4n) is 1.27. The summed E-state index contributed by atoms with van der Waals surface area (Å²) < 4.78 is 6.94. The van der Waals surface area contributed by atoms with Crippen LogP contribution in [0.15, 0.2) is 41.0 Å². The van der Waals surface area contributed by atoms with Crippen molar-refractivity contribution in [2.75, 3.05) is 0 Å². The van der Waals surface area contributed by atoms with E-state index in [1.807, 2.05) is 12.1 Å². The third-order valence-corrected chi connectivity index (χ3v) is 3.11. The molecule has 1 aromatic carbocycles. The van der Waals surface area contributed by atoms with Crippen LogP contribution < -0.4 is 4.74 Å². The van der Waals surface area contributed by atoms with Gasteiger partial charge in [0, 0.05) is 20.3 Å². The lowest BCUT2D eigenvalue weighted by molar-refractivity contribution is -0.386. The Balaban J connectivity index is 2.37. The van der Waals surface area contributed by atoms with Crippen molar-refractivity contribution in [3.05, 3.63) is 54.7 Å². The van der Waals surface area contributed by atoms with Crippen molar-refractivity contribution >= 4 is 44.2 Å². The monoisotopic (exact) mass is 420 g/mol. The van der Waals surface area contributed by atoms with Crippen LogP contribution in [0.2, 0.25) is 0 Å². The molecule has 5 nitrogen and oxygen atoms in total. The SMILES string of the molecule is O=[N+]([O-])c1cc(Br)cnc1Oc1cccc(I)c1. The summed E-state index contributed by atoms with van der Waals surface area (Å²) in [5, 5.41) is 10.9. The number of pyridine rings is 1. The summed E-state index contributed by atoms with van der Waals surface area (Å²) in [5.41, 5.74) is -0.178. The van der Waals surface area contributed by atoms with Crippen molar-refractivity contribution in [3.63, 3.8) is 0 Å². The van der Waals surface area contributed by atoms with Gasteiger partial charge in [0.15, 0.2) is 0 Å². The zero-order valence-corrected chi connectivity index (χ0v) is 12.6. The quantitative estimate of drug-likeness (QED) is 0.425. The Morgan fingerprint density at radius 3 is 2.83 bits per heavy atom. The molecule has 0 radical (unpaired) electrons. The Morgan fingerprint density at radius 1 is 1.39 bits per heavy atom. The highest BCUT2D eigenvalue weighted by molar-refractivity contribution is 14.1. The molecule has 2 rings (SSSR count). The van der Waals surface area contributed by atoms with Crippen LogP contribution in [0, 0.1) is 13.7 Å². The first-order valence-electron chi connectivity index (χ1n) is 4.79. The van der Waals surface area contributed by atoms with Crippen LogP contribution in [0.1, 0.15) is 0 Å². The maximum Gasteiger partial charge on any atom is 0.332 e. The van der Waals surface area contributed by atoms with E-state index in [9.17, 15) is 10.1 Å². The molecule has 7 heteroatoms. The first kappa shape index (κ1) is 13.2. The van der Waals surface area contributed by atoms with E-state index < -0.39 is 4.92 Å². The third-order valence-electron chi connectivity index (χ3n) is 2.01. The van der Waals surface area contributed by atoms with Gasteiger partial charge >= 0.3 is 5.69 Å². The summed E-state index contributed by atoms with van der Waals surface area (Å²) in [6.45, 7) is 0. The molecule has 1 heterocycles. The van der Waals surface area contributed by atoms with Gasteiger partial charge in [-0.25, -0.2) is 4.98 Å². The highest BCUT2D eigenvalue weighted by atomic mass is 127. The number of aromatic nitrogens is 1. The summed E-state index contributed by atoms with van der Waals surface area (Å²) >= 11 is 5.27. The molecule has 0 aliphatic rings. The fourth-order valence-corrected chi connectivity index (χ4v) is 2.10. The molecule has 0 bridgehead atoms. The Hall–Kier alpha value is -1.22. The molecular weight excluding hydrogens is 415 g/mol. The second-order valence-electron chi connectivity index (χ2n) is 3.29. The van der Waals surface area contributed by atoms with Gasteiger partial charge in [0.2, 0.25) is 0 Å². The number of hydrogen-bond donors (Lipinski definition) is 0. The van der Waals surface area contributed by atoms with Crippen molar-refractivity contribution < 1.29 is 9.66 Å². The van der Waals surface area contributed by atoms with Gasteiger partial charge < -0.3 is 4.74 Å². The van der Waals surface area contributed by atoms with Crippen LogP contribution >= 0.6 is 38.5 Å². The summed E-state index contributed by atoms with van der Waals surface area (Å²) in [6.07, 6.45) is 1.45. The van der Waals surface area contributed by atoms with Crippen LogP contribution in [0.4, 0.5) is 5.69 Å². The summed E-state index contributed by atoms with van der Waals surface area (Å²) in [5.74, 6) is 0.491. The minimum absolute atomic E-state index is 0.0230. The van der Waals surface area contributed by atoms with Gasteiger partial charge in [0.05, 0.1) is 4.92 Å². The largest absolute Gasteiger partial charge is 0.434 e. The number of rotatable bonds is 3. The molecule has 1 aromatic heterocycles. The molecule has 0 aliphatic heterocycles. The van der Waals surface area contributed by atoms with E-state index in [1.54, 1.807) is 12.1 Å². The smallest absolute Gasteiger partial charge is 0.332 e. The lowest BCUT2D eigenvalue weighted by Gasteiger charge is -2.05. The Kier molecular flexibility index (Phi) is 4.12. The van der Waals surface area contributed by atoms with E-state index in [-0.39, 0.29) is 11.6 Å². The molecule has 0 atom stereocenters. The minimum atomic E-state index is -0.527. The van der Waals surface area contributed by atoms with Crippen LogP contribution in [-0.4, -0.2) is 9.91 Å². The molecule has 0 unspecified atom stereocenters. The van der Waals surface area contributed by atoms with Crippen LogP contribution in [0.25, 0.3) is 0 Å². The second kappa shape index (κ2) is 5.61. The minimum Gasteiger partial charge on any atom is -0.434 e. The van der Waals surface area contributed by atoms with Crippen molar-refractivity contribution in [2.24, 2.45) is 0 Å². The van der Waals surface area contributed by atoms with Crippen molar-refractivity contribution in [1.29, 1.82) is 0 Å². The number of ether oxygens (including phenoxy) is 1. The van der Waals surface area contributed by atoms with Gasteiger partial charge in [-0.3, -0.25) is 10.1 Å². The summed E-state index contributed by atoms with van der Waals surface area (Å²) in [7, 11) is 0. The Bertz CT molecular complexity index is 607. The van der Waals surface area contributed by atoms with Gasteiger partial charge in [-0.15, -0.1) is 0 Å². The molecule has 0 N–H and O–H groups in total. The highest BCUT2D eigenvalue weighted by Gasteiger charge is 2.18. The van der Waals surface area contributed by atoms with Gasteiger partial charge in [-0.05, 0) is 56.7 Å². The maximum absolute atomic E-state index is 10.9. The van der Waals surface area contributed by atoms with Crippen molar-refractivity contribution in [1.82, 2.24) is 4.98 Å². The van der Waals surface area contributed by atoms with Crippen molar-refractivity contribution in [3.8, 4) is 11.6 Å². The number of benzene rings is 1. The normalized spacial score (nSPS) is 10.1. The average Bonchev–Trinajstić information content (AvgIpc) is 2.31. The number of hydrogen-bond acceptors (Lipinski definition) is 4. The zero-order chi connectivity index (χ0) is 13.1. The third kappa shape index (κ3) is 3.16. The lowest BCUT2D eigenvalue weighted by atomic mass is 10.3. The topological polar surface area (TPSA) is 65.3 Å². The van der Waals surface area contributed by atoms with Crippen LogP contribution in [-0.2, 0) is 0 Å². The molecule has 0 saturated heterocycles. The molecule has 92 valence electrons. The summed E-state index contributed by atoms with van der Waals surface area (Å²) in [6, 6.07) is 8.55.